The Labute approximate surface area is 145 Å². The molecule has 1 heterocycles. The molecule has 24 heavy (non-hydrogen) atoms. The Bertz CT molecular complexity index is 499. The monoisotopic (exact) mass is 334 g/mol. The molecule has 0 aliphatic carbocycles. The molecule has 5 nitrogen and oxygen atoms in total. The second-order valence-corrected chi connectivity index (χ2v) is 6.92. The second-order valence-electron chi connectivity index (χ2n) is 6.92. The van der Waals surface area contributed by atoms with Crippen molar-refractivity contribution >= 4 is 5.91 Å². The van der Waals surface area contributed by atoms with Crippen LogP contribution in [-0.2, 0) is 9.53 Å². The van der Waals surface area contributed by atoms with Gasteiger partial charge in [-0.1, -0.05) is 44.2 Å². The molecular formula is C19H30N2O3. The lowest BCUT2D eigenvalue weighted by Gasteiger charge is -2.36. The summed E-state index contributed by atoms with van der Waals surface area (Å²) in [4.78, 5) is 16.5. The van der Waals surface area contributed by atoms with E-state index in [-0.39, 0.29) is 12.0 Å². The molecular weight excluding hydrogens is 304 g/mol. The number of nitrogens with zero attached hydrogens (tertiary/aromatic N) is 2. The van der Waals surface area contributed by atoms with Gasteiger partial charge < -0.3 is 14.7 Å². The smallest absolute Gasteiger partial charge is 0.251 e. The topological polar surface area (TPSA) is 53.0 Å². The maximum atomic E-state index is 12.4. The molecule has 1 fully saturated rings. The Morgan fingerprint density at radius 3 is 2.33 bits per heavy atom. The summed E-state index contributed by atoms with van der Waals surface area (Å²) >= 11 is 0. The third-order valence-corrected chi connectivity index (χ3v) is 4.33. The number of amides is 1. The fraction of sp³-hybridized carbons (Fsp3) is 0.632. The molecule has 2 rings (SSSR count). The molecule has 0 saturated carbocycles. The first-order chi connectivity index (χ1) is 11.5. The van der Waals surface area contributed by atoms with E-state index < -0.39 is 6.10 Å². The van der Waals surface area contributed by atoms with E-state index in [0.29, 0.717) is 32.2 Å². The van der Waals surface area contributed by atoms with Crippen LogP contribution in [0, 0.1) is 5.92 Å². The predicted octanol–water partition coefficient (Wildman–Crippen LogP) is 1.93. The van der Waals surface area contributed by atoms with Gasteiger partial charge in [-0.3, -0.25) is 9.69 Å². The second kappa shape index (κ2) is 9.16. The Kier molecular flexibility index (Phi) is 7.21. The molecule has 1 aromatic rings. The quantitative estimate of drug-likeness (QED) is 0.828. The minimum atomic E-state index is -0.484. The van der Waals surface area contributed by atoms with Gasteiger partial charge in [0.05, 0.1) is 6.10 Å². The van der Waals surface area contributed by atoms with Crippen LogP contribution in [0.2, 0.25) is 0 Å². The fourth-order valence-electron chi connectivity index (χ4n) is 2.84. The highest BCUT2D eigenvalue weighted by Crippen LogP contribution is 2.15. The predicted molar refractivity (Wildman–Crippen MR) is 94.7 cm³/mol. The lowest BCUT2D eigenvalue weighted by atomic mass is 10.1. The zero-order valence-corrected chi connectivity index (χ0v) is 15.0. The third-order valence-electron chi connectivity index (χ3n) is 4.33. The number of rotatable bonds is 7. The van der Waals surface area contributed by atoms with Crippen LogP contribution >= 0.6 is 0 Å². The first kappa shape index (κ1) is 18.9. The van der Waals surface area contributed by atoms with E-state index in [9.17, 15) is 9.90 Å². The van der Waals surface area contributed by atoms with E-state index in [1.165, 1.54) is 0 Å². The first-order valence-corrected chi connectivity index (χ1v) is 8.83. The number of aliphatic hydroxyl groups is 1. The maximum Gasteiger partial charge on any atom is 0.251 e. The summed E-state index contributed by atoms with van der Waals surface area (Å²) in [6.07, 6.45) is -0.865. The van der Waals surface area contributed by atoms with Crippen LogP contribution in [0.3, 0.4) is 0 Å². The average Bonchev–Trinajstić information content (AvgIpc) is 2.60. The van der Waals surface area contributed by atoms with E-state index in [2.05, 4.69) is 18.7 Å². The Morgan fingerprint density at radius 1 is 1.12 bits per heavy atom. The van der Waals surface area contributed by atoms with E-state index in [0.717, 1.165) is 18.7 Å². The highest BCUT2D eigenvalue weighted by atomic mass is 16.5. The van der Waals surface area contributed by atoms with Gasteiger partial charge in [-0.15, -0.1) is 0 Å². The van der Waals surface area contributed by atoms with Gasteiger partial charge in [0.1, 0.15) is 6.10 Å². The van der Waals surface area contributed by atoms with Crippen LogP contribution in [0.1, 0.15) is 32.4 Å². The van der Waals surface area contributed by atoms with E-state index in [1.807, 2.05) is 42.2 Å². The Balaban J connectivity index is 1.75. The SMILES string of the molecule is CC(C)CO[C@H](C)C(=O)N1CCN(C[C@@H](O)c2ccccc2)CC1. The number of carbonyl (C=O) groups excluding carboxylic acids is 1. The van der Waals surface area contributed by atoms with E-state index >= 15 is 0 Å². The molecule has 1 N–H and O–H groups in total. The van der Waals surface area contributed by atoms with Crippen molar-refractivity contribution < 1.29 is 14.6 Å². The summed E-state index contributed by atoms with van der Waals surface area (Å²) in [5.74, 6) is 0.496. The van der Waals surface area contributed by atoms with Crippen molar-refractivity contribution in [1.29, 1.82) is 0 Å². The lowest BCUT2D eigenvalue weighted by Crippen LogP contribution is -2.52. The summed E-state index contributed by atoms with van der Waals surface area (Å²) < 4.78 is 5.62. The lowest BCUT2D eigenvalue weighted by molar-refractivity contribution is -0.145. The van der Waals surface area contributed by atoms with Crippen molar-refractivity contribution in [3.63, 3.8) is 0 Å². The number of β-amino-alcohol motifs (C(OH)–C–C–N with tert-alkyl or cyclic N) is 1. The van der Waals surface area contributed by atoms with Gasteiger partial charge in [0.15, 0.2) is 0 Å². The molecule has 1 aliphatic heterocycles. The molecule has 5 heteroatoms. The number of benzene rings is 1. The maximum absolute atomic E-state index is 12.4. The number of piperazine rings is 1. The highest BCUT2D eigenvalue weighted by Gasteiger charge is 2.26. The zero-order chi connectivity index (χ0) is 17.5. The van der Waals surface area contributed by atoms with Gasteiger partial charge in [0.2, 0.25) is 0 Å². The molecule has 0 aromatic heterocycles. The van der Waals surface area contributed by atoms with Crippen LogP contribution in [0.5, 0.6) is 0 Å². The average molecular weight is 334 g/mol. The molecule has 1 aromatic carbocycles. The Hall–Kier alpha value is -1.43. The van der Waals surface area contributed by atoms with Crippen molar-refractivity contribution in [2.45, 2.75) is 33.0 Å². The van der Waals surface area contributed by atoms with Gasteiger partial charge in [-0.25, -0.2) is 0 Å². The molecule has 0 radical (unpaired) electrons. The van der Waals surface area contributed by atoms with Crippen LogP contribution in [0.15, 0.2) is 30.3 Å². The molecule has 2 atom stereocenters. The number of carbonyl (C=O) groups is 1. The van der Waals surface area contributed by atoms with Crippen LogP contribution in [0.4, 0.5) is 0 Å². The summed E-state index contributed by atoms with van der Waals surface area (Å²) in [7, 11) is 0. The first-order valence-electron chi connectivity index (χ1n) is 8.83. The highest BCUT2D eigenvalue weighted by molar-refractivity contribution is 5.80. The zero-order valence-electron chi connectivity index (χ0n) is 15.0. The largest absolute Gasteiger partial charge is 0.387 e. The minimum Gasteiger partial charge on any atom is -0.387 e. The molecule has 0 spiro atoms. The van der Waals surface area contributed by atoms with Crippen molar-refractivity contribution in [2.24, 2.45) is 5.92 Å². The van der Waals surface area contributed by atoms with Crippen molar-refractivity contribution in [3.05, 3.63) is 35.9 Å². The number of hydrogen-bond acceptors (Lipinski definition) is 4. The fourth-order valence-corrected chi connectivity index (χ4v) is 2.84. The number of ether oxygens (including phenoxy) is 1. The van der Waals surface area contributed by atoms with Gasteiger partial charge in [-0.05, 0) is 18.4 Å². The van der Waals surface area contributed by atoms with Crippen LogP contribution < -0.4 is 0 Å². The van der Waals surface area contributed by atoms with Crippen molar-refractivity contribution in [3.8, 4) is 0 Å². The molecule has 1 saturated heterocycles. The minimum absolute atomic E-state index is 0.0684. The van der Waals surface area contributed by atoms with Crippen molar-refractivity contribution in [1.82, 2.24) is 9.80 Å². The molecule has 134 valence electrons. The van der Waals surface area contributed by atoms with Crippen molar-refractivity contribution in [2.75, 3.05) is 39.3 Å². The molecule has 0 unspecified atom stereocenters. The normalized spacial score (nSPS) is 18.6. The van der Waals surface area contributed by atoms with E-state index in [4.69, 9.17) is 4.74 Å². The molecule has 0 bridgehead atoms. The van der Waals surface area contributed by atoms with Gasteiger partial charge in [0, 0.05) is 39.3 Å². The van der Waals surface area contributed by atoms with E-state index in [1.54, 1.807) is 0 Å². The Morgan fingerprint density at radius 2 is 1.75 bits per heavy atom. The summed E-state index contributed by atoms with van der Waals surface area (Å²) in [6.45, 7) is 10.1. The van der Waals surface area contributed by atoms with Gasteiger partial charge >= 0.3 is 0 Å². The summed E-state index contributed by atoms with van der Waals surface area (Å²) in [5, 5.41) is 10.3. The number of aliphatic hydroxyl groups excluding tert-OH is 1. The van der Waals surface area contributed by atoms with Gasteiger partial charge in [-0.2, -0.15) is 0 Å². The number of hydrogen-bond donors (Lipinski definition) is 1. The van der Waals surface area contributed by atoms with Crippen LogP contribution in [0.25, 0.3) is 0 Å². The molecule has 1 aliphatic rings. The molecule has 1 amide bonds. The van der Waals surface area contributed by atoms with Crippen LogP contribution in [-0.4, -0.2) is 66.2 Å². The standard InChI is InChI=1S/C19H30N2O3/c1-15(2)14-24-16(3)19(23)21-11-9-20(10-12-21)13-18(22)17-7-5-4-6-8-17/h4-8,15-16,18,22H,9-14H2,1-3H3/t16-,18-/m1/s1. The summed E-state index contributed by atoms with van der Waals surface area (Å²) in [6, 6.07) is 9.71. The van der Waals surface area contributed by atoms with Gasteiger partial charge in [0.25, 0.3) is 5.91 Å². The summed E-state index contributed by atoms with van der Waals surface area (Å²) in [5.41, 5.74) is 0.937. The third kappa shape index (κ3) is 5.58.